The number of rotatable bonds is 4. The highest BCUT2D eigenvalue weighted by molar-refractivity contribution is 5.50. The van der Waals surface area contributed by atoms with Crippen molar-refractivity contribution in [2.45, 2.75) is 39.2 Å². The molecule has 0 bridgehead atoms. The van der Waals surface area contributed by atoms with E-state index in [1.54, 1.807) is 7.11 Å². The van der Waals surface area contributed by atoms with Gasteiger partial charge in [-0.3, -0.25) is 0 Å². The molecule has 3 nitrogen and oxygen atoms in total. The van der Waals surface area contributed by atoms with Crippen molar-refractivity contribution in [3.05, 3.63) is 24.3 Å². The molecular formula is C17H28N2O. The van der Waals surface area contributed by atoms with Crippen molar-refractivity contribution < 1.29 is 4.74 Å². The van der Waals surface area contributed by atoms with Crippen LogP contribution in [0, 0.1) is 11.3 Å². The van der Waals surface area contributed by atoms with Gasteiger partial charge < -0.3 is 15.4 Å². The smallest absolute Gasteiger partial charge is 0.120 e. The maximum absolute atomic E-state index is 6.49. The molecule has 2 unspecified atom stereocenters. The quantitative estimate of drug-likeness (QED) is 0.917. The van der Waals surface area contributed by atoms with Crippen LogP contribution in [0.5, 0.6) is 5.75 Å². The first-order valence-corrected chi connectivity index (χ1v) is 7.55. The second kappa shape index (κ2) is 6.04. The Morgan fingerprint density at radius 3 is 2.85 bits per heavy atom. The molecule has 0 radical (unpaired) electrons. The maximum atomic E-state index is 6.49. The highest BCUT2D eigenvalue weighted by Crippen LogP contribution is 2.38. The molecule has 1 aliphatic carbocycles. The van der Waals surface area contributed by atoms with Gasteiger partial charge in [0.25, 0.3) is 0 Å². The van der Waals surface area contributed by atoms with Gasteiger partial charge in [-0.15, -0.1) is 0 Å². The number of hydrogen-bond acceptors (Lipinski definition) is 3. The molecule has 1 aromatic carbocycles. The molecule has 20 heavy (non-hydrogen) atoms. The normalized spacial score (nSPS) is 25.2. The molecule has 2 N–H and O–H groups in total. The van der Waals surface area contributed by atoms with Gasteiger partial charge in [0.15, 0.2) is 0 Å². The fourth-order valence-corrected chi connectivity index (χ4v) is 3.31. The van der Waals surface area contributed by atoms with Crippen LogP contribution in [0.4, 0.5) is 5.69 Å². The molecule has 0 aliphatic heterocycles. The van der Waals surface area contributed by atoms with Crippen LogP contribution in [-0.2, 0) is 0 Å². The Labute approximate surface area is 123 Å². The Morgan fingerprint density at radius 1 is 1.40 bits per heavy atom. The molecule has 1 saturated carbocycles. The zero-order chi connectivity index (χ0) is 14.8. The summed E-state index contributed by atoms with van der Waals surface area (Å²) < 4.78 is 5.30. The first kappa shape index (κ1) is 15.2. The fourth-order valence-electron chi connectivity index (χ4n) is 3.31. The summed E-state index contributed by atoms with van der Waals surface area (Å²) >= 11 is 0. The van der Waals surface area contributed by atoms with E-state index in [0.29, 0.717) is 5.92 Å². The third kappa shape index (κ3) is 3.26. The Hall–Kier alpha value is -1.22. The lowest BCUT2D eigenvalue weighted by atomic mass is 9.68. The largest absolute Gasteiger partial charge is 0.497 e. The molecule has 112 valence electrons. The lowest BCUT2D eigenvalue weighted by molar-refractivity contribution is 0.142. The van der Waals surface area contributed by atoms with Crippen molar-refractivity contribution in [3.8, 4) is 5.75 Å². The fraction of sp³-hybridized carbons (Fsp3) is 0.647. The maximum Gasteiger partial charge on any atom is 0.120 e. The van der Waals surface area contributed by atoms with Gasteiger partial charge >= 0.3 is 0 Å². The lowest BCUT2D eigenvalue weighted by Gasteiger charge is -2.43. The second-order valence-electron chi connectivity index (χ2n) is 6.75. The van der Waals surface area contributed by atoms with Crippen LogP contribution < -0.4 is 15.4 Å². The number of nitrogens with zero attached hydrogens (tertiary/aromatic N) is 1. The SMILES string of the molecule is COc1cccc(N(C)CC2CCCC(C)(C)C2N)c1. The van der Waals surface area contributed by atoms with E-state index in [4.69, 9.17) is 10.5 Å². The highest BCUT2D eigenvalue weighted by Gasteiger charge is 2.36. The summed E-state index contributed by atoms with van der Waals surface area (Å²) in [6, 6.07) is 8.51. The molecule has 0 aromatic heterocycles. The standard InChI is InChI=1S/C17H28N2O/c1-17(2)10-6-7-13(16(17)18)12-19(3)14-8-5-9-15(11-14)20-4/h5,8-9,11,13,16H,6-7,10,12,18H2,1-4H3. The Bertz CT molecular complexity index is 444. The molecule has 0 spiro atoms. The second-order valence-corrected chi connectivity index (χ2v) is 6.75. The summed E-state index contributed by atoms with van der Waals surface area (Å²) in [5.41, 5.74) is 7.94. The molecule has 0 heterocycles. The summed E-state index contributed by atoms with van der Waals surface area (Å²) in [5, 5.41) is 0. The van der Waals surface area contributed by atoms with Crippen LogP contribution >= 0.6 is 0 Å². The van der Waals surface area contributed by atoms with Gasteiger partial charge in [0, 0.05) is 31.4 Å². The predicted molar refractivity (Wildman–Crippen MR) is 85.4 cm³/mol. The molecule has 1 fully saturated rings. The number of benzene rings is 1. The molecule has 0 saturated heterocycles. The van der Waals surface area contributed by atoms with Gasteiger partial charge in [-0.2, -0.15) is 0 Å². The highest BCUT2D eigenvalue weighted by atomic mass is 16.5. The van der Waals surface area contributed by atoms with E-state index in [2.05, 4.69) is 37.9 Å². The third-order valence-corrected chi connectivity index (χ3v) is 4.81. The van der Waals surface area contributed by atoms with Gasteiger partial charge in [0.1, 0.15) is 5.75 Å². The van der Waals surface area contributed by atoms with Crippen molar-refractivity contribution in [1.82, 2.24) is 0 Å². The Kier molecular flexibility index (Phi) is 4.59. The first-order valence-electron chi connectivity index (χ1n) is 7.55. The van der Waals surface area contributed by atoms with E-state index in [-0.39, 0.29) is 11.5 Å². The molecule has 1 aromatic rings. The van der Waals surface area contributed by atoms with E-state index >= 15 is 0 Å². The summed E-state index contributed by atoms with van der Waals surface area (Å²) in [4.78, 5) is 2.30. The van der Waals surface area contributed by atoms with Crippen molar-refractivity contribution >= 4 is 5.69 Å². The average molecular weight is 276 g/mol. The van der Waals surface area contributed by atoms with E-state index in [1.165, 1.54) is 24.9 Å². The monoisotopic (exact) mass is 276 g/mol. The third-order valence-electron chi connectivity index (χ3n) is 4.81. The number of anilines is 1. The zero-order valence-corrected chi connectivity index (χ0v) is 13.2. The van der Waals surface area contributed by atoms with Crippen molar-refractivity contribution in [3.63, 3.8) is 0 Å². The first-order chi connectivity index (χ1) is 9.44. The van der Waals surface area contributed by atoms with Gasteiger partial charge in [-0.1, -0.05) is 26.3 Å². The molecule has 0 amide bonds. The minimum absolute atomic E-state index is 0.262. The van der Waals surface area contributed by atoms with Crippen LogP contribution in [0.25, 0.3) is 0 Å². The Morgan fingerprint density at radius 2 is 2.15 bits per heavy atom. The molecule has 2 atom stereocenters. The summed E-state index contributed by atoms with van der Waals surface area (Å²) in [7, 11) is 3.85. The van der Waals surface area contributed by atoms with Gasteiger partial charge in [0.2, 0.25) is 0 Å². The summed E-state index contributed by atoms with van der Waals surface area (Å²) in [6.45, 7) is 5.61. The van der Waals surface area contributed by atoms with Crippen molar-refractivity contribution in [2.75, 3.05) is 25.6 Å². The number of methoxy groups -OCH3 is 1. The van der Waals surface area contributed by atoms with Gasteiger partial charge in [0.05, 0.1) is 7.11 Å². The molecular weight excluding hydrogens is 248 g/mol. The molecule has 3 heteroatoms. The number of ether oxygens (including phenoxy) is 1. The van der Waals surface area contributed by atoms with Gasteiger partial charge in [-0.25, -0.2) is 0 Å². The minimum atomic E-state index is 0.262. The number of nitrogens with two attached hydrogens (primary N) is 1. The van der Waals surface area contributed by atoms with Crippen LogP contribution in [0.3, 0.4) is 0 Å². The predicted octanol–water partition coefficient (Wildman–Crippen LogP) is 3.29. The number of hydrogen-bond donors (Lipinski definition) is 1. The average Bonchev–Trinajstić information content (AvgIpc) is 2.44. The van der Waals surface area contributed by atoms with Crippen LogP contribution in [0.2, 0.25) is 0 Å². The summed E-state index contributed by atoms with van der Waals surface area (Å²) in [6.07, 6.45) is 3.77. The minimum Gasteiger partial charge on any atom is -0.497 e. The molecule has 2 rings (SSSR count). The van der Waals surface area contributed by atoms with Crippen molar-refractivity contribution in [1.29, 1.82) is 0 Å². The van der Waals surface area contributed by atoms with E-state index in [1.807, 2.05) is 12.1 Å². The van der Waals surface area contributed by atoms with E-state index in [0.717, 1.165) is 12.3 Å². The van der Waals surface area contributed by atoms with Crippen LogP contribution in [-0.4, -0.2) is 26.7 Å². The zero-order valence-electron chi connectivity index (χ0n) is 13.2. The van der Waals surface area contributed by atoms with E-state index in [9.17, 15) is 0 Å². The van der Waals surface area contributed by atoms with Crippen molar-refractivity contribution in [2.24, 2.45) is 17.1 Å². The summed E-state index contributed by atoms with van der Waals surface area (Å²) in [5.74, 6) is 1.47. The van der Waals surface area contributed by atoms with Gasteiger partial charge in [-0.05, 0) is 36.3 Å². The van der Waals surface area contributed by atoms with E-state index < -0.39 is 0 Å². The van der Waals surface area contributed by atoms with Crippen LogP contribution in [0.1, 0.15) is 33.1 Å². The Balaban J connectivity index is 2.05. The topological polar surface area (TPSA) is 38.5 Å². The molecule has 1 aliphatic rings. The lowest BCUT2D eigenvalue weighted by Crippen LogP contribution is -2.49. The van der Waals surface area contributed by atoms with Crippen LogP contribution in [0.15, 0.2) is 24.3 Å².